The summed E-state index contributed by atoms with van der Waals surface area (Å²) in [5, 5.41) is 3.20. The molecule has 2 unspecified atom stereocenters. The monoisotopic (exact) mass is 283 g/mol. The third kappa shape index (κ3) is 2.74. The highest BCUT2D eigenvalue weighted by Gasteiger charge is 2.57. The smallest absolute Gasteiger partial charge is 0.408 e. The highest BCUT2D eigenvalue weighted by molar-refractivity contribution is 7.81. The second kappa shape index (κ2) is 4.06. The fraction of sp³-hybridized carbons (Fsp3) is 0.933. The van der Waals surface area contributed by atoms with Crippen molar-refractivity contribution in [2.75, 3.05) is 0 Å². The summed E-state index contributed by atoms with van der Waals surface area (Å²) in [5.74, 6) is 1.49. The molecule has 4 heteroatoms. The van der Waals surface area contributed by atoms with Crippen LogP contribution < -0.4 is 5.32 Å². The normalized spacial score (nSPS) is 44.2. The third-order valence-corrected chi connectivity index (χ3v) is 5.32. The lowest BCUT2D eigenvalue weighted by Gasteiger charge is -2.60. The molecule has 0 heterocycles. The maximum atomic E-state index is 12.1. The van der Waals surface area contributed by atoms with Gasteiger partial charge < -0.3 is 10.1 Å². The molecule has 4 saturated carbocycles. The molecule has 1 amide bonds. The summed E-state index contributed by atoms with van der Waals surface area (Å²) < 4.78 is 5.59. The summed E-state index contributed by atoms with van der Waals surface area (Å²) in [6.07, 6.45) is 6.77. The number of thiol groups is 1. The number of amides is 1. The zero-order valence-corrected chi connectivity index (χ0v) is 13.1. The van der Waals surface area contributed by atoms with E-state index >= 15 is 0 Å². The molecule has 0 radical (unpaired) electrons. The minimum Gasteiger partial charge on any atom is -0.444 e. The first-order valence-corrected chi connectivity index (χ1v) is 7.85. The second-order valence-electron chi connectivity index (χ2n) is 8.09. The van der Waals surface area contributed by atoms with Gasteiger partial charge in [-0.05, 0) is 71.1 Å². The summed E-state index contributed by atoms with van der Waals surface area (Å²) in [6.45, 7) is 5.73. The van der Waals surface area contributed by atoms with E-state index in [9.17, 15) is 4.79 Å². The van der Waals surface area contributed by atoms with Gasteiger partial charge in [0.1, 0.15) is 5.60 Å². The molecular formula is C15H25NO2S. The first-order chi connectivity index (χ1) is 8.67. The van der Waals surface area contributed by atoms with Crippen LogP contribution in [0.1, 0.15) is 59.3 Å². The number of hydrogen-bond donors (Lipinski definition) is 2. The van der Waals surface area contributed by atoms with Crippen molar-refractivity contribution in [3.63, 3.8) is 0 Å². The standard InChI is InChI=1S/C15H25NO2S/c1-13(2,3)18-12(17)16-14-5-10-4-11(6-14)8-15(19,7-10)9-14/h10-11,19H,4-9H2,1-3H3,(H,16,17). The number of carbonyl (C=O) groups excluding carboxylic acids is 1. The van der Waals surface area contributed by atoms with Gasteiger partial charge in [-0.15, -0.1) is 0 Å². The molecule has 4 rings (SSSR count). The Kier molecular flexibility index (Phi) is 2.91. The first-order valence-electron chi connectivity index (χ1n) is 7.41. The van der Waals surface area contributed by atoms with Crippen molar-refractivity contribution in [2.45, 2.75) is 75.2 Å². The Morgan fingerprint density at radius 3 is 2.26 bits per heavy atom. The first kappa shape index (κ1) is 13.6. The number of ether oxygens (including phenoxy) is 1. The molecule has 3 nitrogen and oxygen atoms in total. The topological polar surface area (TPSA) is 38.3 Å². The summed E-state index contributed by atoms with van der Waals surface area (Å²) in [4.78, 5) is 12.1. The predicted octanol–water partition coefficient (Wildman–Crippen LogP) is 3.53. The molecule has 19 heavy (non-hydrogen) atoms. The van der Waals surface area contributed by atoms with Gasteiger partial charge in [-0.25, -0.2) is 4.79 Å². The average molecular weight is 283 g/mol. The van der Waals surface area contributed by atoms with E-state index in [1.165, 1.54) is 19.3 Å². The van der Waals surface area contributed by atoms with Crippen molar-refractivity contribution < 1.29 is 9.53 Å². The minimum absolute atomic E-state index is 0.0475. The van der Waals surface area contributed by atoms with Crippen LogP contribution in [0.4, 0.5) is 4.79 Å². The van der Waals surface area contributed by atoms with Crippen molar-refractivity contribution in [1.29, 1.82) is 0 Å². The number of alkyl carbamates (subject to hydrolysis) is 1. The van der Waals surface area contributed by atoms with Gasteiger partial charge in [-0.2, -0.15) is 12.6 Å². The van der Waals surface area contributed by atoms with Gasteiger partial charge in [-0.3, -0.25) is 0 Å². The Morgan fingerprint density at radius 2 is 1.79 bits per heavy atom. The van der Waals surface area contributed by atoms with E-state index in [-0.39, 0.29) is 16.4 Å². The Labute approximate surface area is 121 Å². The van der Waals surface area contributed by atoms with Gasteiger partial charge in [0, 0.05) is 10.3 Å². The molecule has 4 bridgehead atoms. The number of rotatable bonds is 1. The molecule has 108 valence electrons. The number of carbonyl (C=O) groups is 1. The van der Waals surface area contributed by atoms with E-state index in [0.29, 0.717) is 0 Å². The van der Waals surface area contributed by atoms with Crippen LogP contribution in [-0.2, 0) is 4.74 Å². The SMILES string of the molecule is CC(C)(C)OC(=O)NC12CC3CC(CC(S)(C3)C1)C2. The quantitative estimate of drug-likeness (QED) is 0.723. The fourth-order valence-corrected chi connectivity index (χ4v) is 5.70. The fourth-order valence-electron chi connectivity index (χ4n) is 4.88. The van der Waals surface area contributed by atoms with Crippen molar-refractivity contribution >= 4 is 18.7 Å². The van der Waals surface area contributed by atoms with E-state index in [1.54, 1.807) is 0 Å². The van der Waals surface area contributed by atoms with E-state index in [0.717, 1.165) is 31.1 Å². The Balaban J connectivity index is 1.72. The molecule has 0 aromatic heterocycles. The molecule has 0 aromatic carbocycles. The number of nitrogens with one attached hydrogen (secondary N) is 1. The highest BCUT2D eigenvalue weighted by Crippen LogP contribution is 2.59. The summed E-state index contributed by atoms with van der Waals surface area (Å²) in [5.41, 5.74) is -0.473. The van der Waals surface area contributed by atoms with E-state index in [1.807, 2.05) is 20.8 Å². The van der Waals surface area contributed by atoms with Crippen molar-refractivity contribution in [3.05, 3.63) is 0 Å². The Hall–Kier alpha value is -0.380. The minimum atomic E-state index is -0.426. The van der Waals surface area contributed by atoms with Gasteiger partial charge in [0.15, 0.2) is 0 Å². The van der Waals surface area contributed by atoms with Crippen LogP contribution in [-0.4, -0.2) is 22.0 Å². The van der Waals surface area contributed by atoms with Crippen LogP contribution in [0.25, 0.3) is 0 Å². The third-order valence-electron chi connectivity index (χ3n) is 4.80. The van der Waals surface area contributed by atoms with Gasteiger partial charge >= 0.3 is 6.09 Å². The van der Waals surface area contributed by atoms with E-state index in [4.69, 9.17) is 17.4 Å². The molecule has 4 fully saturated rings. The van der Waals surface area contributed by atoms with E-state index in [2.05, 4.69) is 5.32 Å². The predicted molar refractivity (Wildman–Crippen MR) is 78.5 cm³/mol. The molecule has 2 atom stereocenters. The van der Waals surface area contributed by atoms with Crippen LogP contribution in [0, 0.1) is 11.8 Å². The lowest BCUT2D eigenvalue weighted by Crippen LogP contribution is -2.64. The van der Waals surface area contributed by atoms with Crippen molar-refractivity contribution in [2.24, 2.45) is 11.8 Å². The molecule has 0 aliphatic heterocycles. The summed E-state index contributed by atoms with van der Waals surface area (Å²) >= 11 is 4.92. The zero-order valence-electron chi connectivity index (χ0n) is 12.2. The van der Waals surface area contributed by atoms with Crippen LogP contribution in [0.5, 0.6) is 0 Å². The molecule has 0 spiro atoms. The molecule has 0 saturated heterocycles. The second-order valence-corrected chi connectivity index (χ2v) is 9.04. The van der Waals surface area contributed by atoms with Crippen LogP contribution >= 0.6 is 12.6 Å². The maximum absolute atomic E-state index is 12.1. The molecule has 4 aliphatic rings. The Bertz CT molecular complexity index is 387. The van der Waals surface area contributed by atoms with Crippen molar-refractivity contribution in [3.8, 4) is 0 Å². The van der Waals surface area contributed by atoms with Gasteiger partial charge in [0.2, 0.25) is 0 Å². The van der Waals surface area contributed by atoms with Gasteiger partial charge in [-0.1, -0.05) is 0 Å². The largest absolute Gasteiger partial charge is 0.444 e. The average Bonchev–Trinajstić information content (AvgIpc) is 2.06. The maximum Gasteiger partial charge on any atom is 0.408 e. The van der Waals surface area contributed by atoms with E-state index < -0.39 is 5.60 Å². The summed E-state index contributed by atoms with van der Waals surface area (Å²) in [6, 6.07) is 0. The lowest BCUT2D eigenvalue weighted by atomic mass is 9.52. The van der Waals surface area contributed by atoms with Crippen molar-refractivity contribution in [1.82, 2.24) is 5.32 Å². The molecule has 1 N–H and O–H groups in total. The Morgan fingerprint density at radius 1 is 1.21 bits per heavy atom. The highest BCUT2D eigenvalue weighted by atomic mass is 32.1. The van der Waals surface area contributed by atoms with Gasteiger partial charge in [0.25, 0.3) is 0 Å². The molecule has 0 aromatic rings. The van der Waals surface area contributed by atoms with Crippen LogP contribution in [0.2, 0.25) is 0 Å². The van der Waals surface area contributed by atoms with Crippen LogP contribution in [0.3, 0.4) is 0 Å². The molecule has 4 aliphatic carbocycles. The van der Waals surface area contributed by atoms with Gasteiger partial charge in [0.05, 0.1) is 0 Å². The molecular weight excluding hydrogens is 258 g/mol. The number of hydrogen-bond acceptors (Lipinski definition) is 3. The zero-order chi connectivity index (χ0) is 13.9. The van der Waals surface area contributed by atoms with Crippen LogP contribution in [0.15, 0.2) is 0 Å². The lowest BCUT2D eigenvalue weighted by molar-refractivity contribution is -0.0135. The summed E-state index contributed by atoms with van der Waals surface area (Å²) in [7, 11) is 0.